The Bertz CT molecular complexity index is 177. The minimum Gasteiger partial charge on any atom is -0.302 e. The molecule has 1 heterocycles. The van der Waals surface area contributed by atoms with Crippen molar-refractivity contribution >= 4 is 0 Å². The number of likely N-dealkylation sites (tertiary alicyclic amines) is 1. The highest BCUT2D eigenvalue weighted by atomic mass is 19.3. The zero-order chi connectivity index (χ0) is 11.3. The molecule has 0 amide bonds. The molecule has 1 aliphatic rings. The third-order valence-electron chi connectivity index (χ3n) is 2.92. The molecule has 0 spiro atoms. The van der Waals surface area contributed by atoms with Crippen molar-refractivity contribution in [2.45, 2.75) is 32.6 Å². The maximum absolute atomic E-state index is 12.5. The second-order valence-electron chi connectivity index (χ2n) is 4.35. The monoisotopic (exact) mass is 220 g/mol. The molecular formula is C11H22F2N2. The molecular weight excluding hydrogens is 198 g/mol. The molecule has 90 valence electrons. The van der Waals surface area contributed by atoms with E-state index in [1.165, 1.54) is 12.8 Å². The van der Waals surface area contributed by atoms with Crippen LogP contribution in [0.5, 0.6) is 0 Å². The molecule has 1 fully saturated rings. The van der Waals surface area contributed by atoms with Crippen molar-refractivity contribution in [3.05, 3.63) is 0 Å². The Morgan fingerprint density at radius 3 is 2.33 bits per heavy atom. The first-order valence-electron chi connectivity index (χ1n) is 5.90. The predicted octanol–water partition coefficient (Wildman–Crippen LogP) is 2.06. The average molecular weight is 220 g/mol. The summed E-state index contributed by atoms with van der Waals surface area (Å²) < 4.78 is 25.1. The van der Waals surface area contributed by atoms with E-state index in [4.69, 9.17) is 0 Å². The van der Waals surface area contributed by atoms with E-state index in [0.717, 1.165) is 26.2 Å². The lowest BCUT2D eigenvalue weighted by atomic mass is 10.1. The van der Waals surface area contributed by atoms with E-state index in [0.29, 0.717) is 0 Å². The van der Waals surface area contributed by atoms with Crippen LogP contribution in [0.1, 0.15) is 26.7 Å². The lowest BCUT2D eigenvalue weighted by molar-refractivity contribution is -0.131. The quantitative estimate of drug-likeness (QED) is 0.648. The number of rotatable bonds is 7. The van der Waals surface area contributed by atoms with Crippen molar-refractivity contribution in [1.29, 1.82) is 0 Å². The third-order valence-corrected chi connectivity index (χ3v) is 2.92. The first kappa shape index (κ1) is 12.8. The van der Waals surface area contributed by atoms with Crippen LogP contribution in [0.4, 0.5) is 8.78 Å². The molecule has 0 radical (unpaired) electrons. The second kappa shape index (κ2) is 5.75. The lowest BCUT2D eigenvalue weighted by Crippen LogP contribution is -2.57. The Morgan fingerprint density at radius 2 is 1.87 bits per heavy atom. The van der Waals surface area contributed by atoms with Gasteiger partial charge in [0.05, 0.1) is 13.1 Å². The molecule has 2 nitrogen and oxygen atoms in total. The van der Waals surface area contributed by atoms with Crippen LogP contribution >= 0.6 is 0 Å². The molecule has 1 saturated heterocycles. The summed E-state index contributed by atoms with van der Waals surface area (Å²) in [6, 6.07) is 0. The lowest BCUT2D eigenvalue weighted by Gasteiger charge is -2.39. The number of nitrogens with zero attached hydrogens (tertiary/aromatic N) is 2. The molecule has 0 aromatic rings. The summed E-state index contributed by atoms with van der Waals surface area (Å²) in [6.07, 6.45) is 2.39. The van der Waals surface area contributed by atoms with Gasteiger partial charge in [0.2, 0.25) is 0 Å². The van der Waals surface area contributed by atoms with Crippen LogP contribution in [0, 0.1) is 0 Å². The number of hydrogen-bond donors (Lipinski definition) is 0. The van der Waals surface area contributed by atoms with Gasteiger partial charge >= 0.3 is 0 Å². The van der Waals surface area contributed by atoms with Crippen LogP contribution in [0.25, 0.3) is 0 Å². The molecule has 0 bridgehead atoms. The molecule has 0 atom stereocenters. The van der Waals surface area contributed by atoms with Crippen molar-refractivity contribution in [3.63, 3.8) is 0 Å². The van der Waals surface area contributed by atoms with Gasteiger partial charge in [-0.2, -0.15) is 0 Å². The van der Waals surface area contributed by atoms with E-state index in [-0.39, 0.29) is 13.1 Å². The van der Waals surface area contributed by atoms with Crippen LogP contribution in [-0.2, 0) is 0 Å². The molecule has 1 aliphatic heterocycles. The van der Waals surface area contributed by atoms with Gasteiger partial charge in [-0.25, -0.2) is 8.78 Å². The molecule has 0 aromatic carbocycles. The van der Waals surface area contributed by atoms with Crippen molar-refractivity contribution < 1.29 is 8.78 Å². The Balaban J connectivity index is 2.07. The molecule has 0 N–H and O–H groups in total. The van der Waals surface area contributed by atoms with Gasteiger partial charge in [-0.1, -0.05) is 20.3 Å². The van der Waals surface area contributed by atoms with Crippen LogP contribution < -0.4 is 0 Å². The third kappa shape index (κ3) is 4.43. The summed E-state index contributed by atoms with van der Waals surface area (Å²) in [5, 5.41) is 0. The molecule has 0 aromatic heterocycles. The maximum atomic E-state index is 12.5. The van der Waals surface area contributed by atoms with E-state index in [1.807, 2.05) is 4.90 Å². The van der Waals surface area contributed by atoms with E-state index in [1.54, 1.807) is 0 Å². The minimum absolute atomic E-state index is 0.0433. The van der Waals surface area contributed by atoms with Crippen LogP contribution in [0.2, 0.25) is 0 Å². The zero-order valence-corrected chi connectivity index (χ0v) is 9.81. The van der Waals surface area contributed by atoms with E-state index < -0.39 is 5.92 Å². The van der Waals surface area contributed by atoms with E-state index in [2.05, 4.69) is 18.7 Å². The number of halogens is 2. The number of alkyl halides is 2. The largest absolute Gasteiger partial charge is 0.302 e. The van der Waals surface area contributed by atoms with E-state index in [9.17, 15) is 8.78 Å². The Kier molecular flexibility index (Phi) is 4.93. The van der Waals surface area contributed by atoms with Crippen LogP contribution in [-0.4, -0.2) is 55.0 Å². The second-order valence-corrected chi connectivity index (χ2v) is 4.35. The summed E-state index contributed by atoms with van der Waals surface area (Å²) in [4.78, 5) is 4.16. The Hall–Kier alpha value is -0.220. The standard InChI is InChI=1S/C11H22F2N2/c1-3-5-6-14(4-2)7-8-15-9-11(12,13)10-15/h3-10H2,1-2H3. The summed E-state index contributed by atoms with van der Waals surface area (Å²) in [6.45, 7) is 8.03. The first-order valence-corrected chi connectivity index (χ1v) is 5.90. The van der Waals surface area contributed by atoms with Gasteiger partial charge in [0.25, 0.3) is 5.92 Å². The number of likely N-dealkylation sites (N-methyl/N-ethyl adjacent to an activating group) is 1. The molecule has 0 aliphatic carbocycles. The first-order chi connectivity index (χ1) is 7.07. The summed E-state index contributed by atoms with van der Waals surface area (Å²) >= 11 is 0. The van der Waals surface area contributed by atoms with Crippen molar-refractivity contribution in [3.8, 4) is 0 Å². The highest BCUT2D eigenvalue weighted by molar-refractivity contribution is 4.87. The summed E-state index contributed by atoms with van der Waals surface area (Å²) in [7, 11) is 0. The highest BCUT2D eigenvalue weighted by Gasteiger charge is 2.43. The minimum atomic E-state index is -2.42. The van der Waals surface area contributed by atoms with Crippen molar-refractivity contribution in [1.82, 2.24) is 9.80 Å². The smallest absolute Gasteiger partial charge is 0.272 e. The zero-order valence-electron chi connectivity index (χ0n) is 9.81. The Labute approximate surface area is 91.2 Å². The number of hydrogen-bond acceptors (Lipinski definition) is 2. The van der Waals surface area contributed by atoms with Gasteiger partial charge < -0.3 is 4.90 Å². The van der Waals surface area contributed by atoms with Crippen LogP contribution in [0.15, 0.2) is 0 Å². The van der Waals surface area contributed by atoms with Gasteiger partial charge in [0.1, 0.15) is 0 Å². The fraction of sp³-hybridized carbons (Fsp3) is 1.00. The SMILES string of the molecule is CCCCN(CC)CCN1CC(F)(F)C1. The molecule has 4 heteroatoms. The average Bonchev–Trinajstić information content (AvgIpc) is 2.15. The van der Waals surface area contributed by atoms with Gasteiger partial charge in [-0.15, -0.1) is 0 Å². The van der Waals surface area contributed by atoms with Gasteiger partial charge in [-0.05, 0) is 19.5 Å². The van der Waals surface area contributed by atoms with Gasteiger partial charge in [0.15, 0.2) is 0 Å². The molecule has 0 saturated carbocycles. The maximum Gasteiger partial charge on any atom is 0.272 e. The Morgan fingerprint density at radius 1 is 1.20 bits per heavy atom. The fourth-order valence-electron chi connectivity index (χ4n) is 1.86. The summed E-state index contributed by atoms with van der Waals surface area (Å²) in [5.41, 5.74) is 0. The molecule has 15 heavy (non-hydrogen) atoms. The number of unbranched alkanes of at least 4 members (excludes halogenated alkanes) is 1. The topological polar surface area (TPSA) is 6.48 Å². The highest BCUT2D eigenvalue weighted by Crippen LogP contribution is 2.25. The van der Waals surface area contributed by atoms with Crippen LogP contribution in [0.3, 0.4) is 0 Å². The fourth-order valence-corrected chi connectivity index (χ4v) is 1.86. The predicted molar refractivity (Wildman–Crippen MR) is 58.4 cm³/mol. The van der Waals surface area contributed by atoms with Crippen molar-refractivity contribution in [2.24, 2.45) is 0 Å². The molecule has 1 rings (SSSR count). The van der Waals surface area contributed by atoms with Crippen molar-refractivity contribution in [2.75, 3.05) is 39.3 Å². The molecule has 0 unspecified atom stereocenters. The normalized spacial score (nSPS) is 20.6. The van der Waals surface area contributed by atoms with E-state index >= 15 is 0 Å². The van der Waals surface area contributed by atoms with Gasteiger partial charge in [0, 0.05) is 13.1 Å². The summed E-state index contributed by atoms with van der Waals surface area (Å²) in [5.74, 6) is -2.42. The van der Waals surface area contributed by atoms with Gasteiger partial charge in [-0.3, -0.25) is 4.90 Å².